The third-order valence-corrected chi connectivity index (χ3v) is 6.15. The number of methoxy groups -OCH3 is 1. The first-order valence-electron chi connectivity index (χ1n) is 8.56. The van der Waals surface area contributed by atoms with Crippen LogP contribution in [0.4, 0.5) is 0 Å². The Hall–Kier alpha value is -1.80. The molecule has 1 heterocycles. The number of hydrogen-bond donors (Lipinski definition) is 1. The lowest BCUT2D eigenvalue weighted by molar-refractivity contribution is 0.414. The minimum atomic E-state index is -0.0813. The first-order chi connectivity index (χ1) is 12.9. The van der Waals surface area contributed by atoms with Crippen molar-refractivity contribution < 1.29 is 4.74 Å². The van der Waals surface area contributed by atoms with Gasteiger partial charge in [0, 0.05) is 12.2 Å². The number of H-pyrrole nitrogens is 1. The van der Waals surface area contributed by atoms with Gasteiger partial charge in [0.15, 0.2) is 5.16 Å². The predicted octanol–water partition coefficient (Wildman–Crippen LogP) is 4.88. The average molecular weight is 492 g/mol. The molecule has 0 radical (unpaired) electrons. The van der Waals surface area contributed by atoms with Crippen molar-refractivity contribution in [3.63, 3.8) is 0 Å². The maximum absolute atomic E-state index is 12.3. The molecule has 0 saturated carbocycles. The summed E-state index contributed by atoms with van der Waals surface area (Å²) >= 11 is 3.61. The van der Waals surface area contributed by atoms with Gasteiger partial charge in [0.05, 0.1) is 12.8 Å². The number of halogens is 1. The zero-order chi connectivity index (χ0) is 19.4. The summed E-state index contributed by atoms with van der Waals surface area (Å²) < 4.78 is 5.84. The molecule has 0 unspecified atom stereocenters. The van der Waals surface area contributed by atoms with E-state index < -0.39 is 0 Å². The van der Waals surface area contributed by atoms with Gasteiger partial charge < -0.3 is 9.72 Å². The molecule has 1 N–H and O–H groups in total. The van der Waals surface area contributed by atoms with E-state index in [1.165, 1.54) is 28.5 Å². The van der Waals surface area contributed by atoms with Gasteiger partial charge in [-0.2, -0.15) is 0 Å². The van der Waals surface area contributed by atoms with Crippen LogP contribution in [-0.2, 0) is 12.2 Å². The molecule has 0 atom stereocenters. The van der Waals surface area contributed by atoms with Crippen molar-refractivity contribution in [2.75, 3.05) is 7.11 Å². The van der Waals surface area contributed by atoms with Crippen LogP contribution in [0, 0.1) is 17.4 Å². The van der Waals surface area contributed by atoms with Crippen LogP contribution in [0.1, 0.15) is 27.9 Å². The van der Waals surface area contributed by atoms with E-state index in [1.807, 2.05) is 24.3 Å². The Morgan fingerprint density at radius 3 is 2.37 bits per heavy atom. The molecule has 0 amide bonds. The van der Waals surface area contributed by atoms with Crippen molar-refractivity contribution in [3.8, 4) is 5.75 Å². The van der Waals surface area contributed by atoms with Gasteiger partial charge in [-0.05, 0) is 59.7 Å². The molecule has 3 aromatic rings. The number of nitrogens with zero attached hydrogens (tertiary/aromatic N) is 1. The highest BCUT2D eigenvalue weighted by molar-refractivity contribution is 14.1. The highest BCUT2D eigenvalue weighted by atomic mass is 127. The Kier molecular flexibility index (Phi) is 6.59. The molecule has 27 heavy (non-hydrogen) atoms. The minimum absolute atomic E-state index is 0.0813. The molecule has 0 spiro atoms. The topological polar surface area (TPSA) is 55.0 Å². The lowest BCUT2D eigenvalue weighted by Crippen LogP contribution is -2.16. The zero-order valence-electron chi connectivity index (χ0n) is 15.5. The predicted molar refractivity (Wildman–Crippen MR) is 119 cm³/mol. The molecule has 0 fully saturated rings. The van der Waals surface area contributed by atoms with Crippen LogP contribution in [0.3, 0.4) is 0 Å². The van der Waals surface area contributed by atoms with E-state index in [-0.39, 0.29) is 5.56 Å². The number of nitrogens with one attached hydrogen (secondary N) is 1. The summed E-state index contributed by atoms with van der Waals surface area (Å²) in [6.45, 7) is 4.17. The number of aryl methyl sites for hydroxylation is 2. The number of aromatic amines is 1. The summed E-state index contributed by atoms with van der Waals surface area (Å²) in [7, 11) is 1.65. The fraction of sp³-hybridized carbons (Fsp3) is 0.238. The second kappa shape index (κ2) is 8.93. The minimum Gasteiger partial charge on any atom is -0.497 e. The fourth-order valence-electron chi connectivity index (χ4n) is 2.91. The van der Waals surface area contributed by atoms with Crippen LogP contribution in [0.25, 0.3) is 0 Å². The molecular formula is C21H21IN2O2S. The molecule has 1 aromatic heterocycles. The van der Waals surface area contributed by atoms with Gasteiger partial charge in [-0.25, -0.2) is 4.98 Å². The first kappa shape index (κ1) is 19.9. The lowest BCUT2D eigenvalue weighted by atomic mass is 10.0. The van der Waals surface area contributed by atoms with Crippen LogP contribution in [-0.4, -0.2) is 17.1 Å². The number of thioether (sulfide) groups is 1. The molecule has 0 aliphatic rings. The van der Waals surface area contributed by atoms with Crippen LogP contribution in [0.2, 0.25) is 0 Å². The number of aromatic nitrogens is 2. The Balaban J connectivity index is 1.79. The van der Waals surface area contributed by atoms with Gasteiger partial charge in [0.2, 0.25) is 0 Å². The van der Waals surface area contributed by atoms with Crippen LogP contribution in [0.15, 0.2) is 52.4 Å². The lowest BCUT2D eigenvalue weighted by Gasteiger charge is -2.09. The van der Waals surface area contributed by atoms with Gasteiger partial charge in [-0.3, -0.25) is 4.79 Å². The van der Waals surface area contributed by atoms with Gasteiger partial charge >= 0.3 is 0 Å². The number of benzene rings is 2. The summed E-state index contributed by atoms with van der Waals surface area (Å²) in [5, 5.41) is 0.649. The summed E-state index contributed by atoms with van der Waals surface area (Å²) in [5.74, 6) is 1.57. The molecule has 6 heteroatoms. The highest BCUT2D eigenvalue weighted by Crippen LogP contribution is 2.22. The number of hydrogen-bond acceptors (Lipinski definition) is 4. The summed E-state index contributed by atoms with van der Waals surface area (Å²) in [4.78, 5) is 19.9. The SMILES string of the molecule is COc1ccc(CSc2nc(Cc3cc(C)cc(C)c3)c(I)c(=O)[nH]2)cc1. The van der Waals surface area contributed by atoms with Crippen molar-refractivity contribution in [2.45, 2.75) is 31.2 Å². The number of rotatable bonds is 6. The van der Waals surface area contributed by atoms with Crippen LogP contribution >= 0.6 is 34.4 Å². The van der Waals surface area contributed by atoms with Crippen molar-refractivity contribution in [1.82, 2.24) is 9.97 Å². The standard InChI is InChI=1S/C21H21IN2O2S/c1-13-8-14(2)10-16(9-13)11-18-19(22)20(25)24-21(23-18)27-12-15-4-6-17(26-3)7-5-15/h4-10H,11-12H2,1-3H3,(H,23,24,25). The summed E-state index contributed by atoms with van der Waals surface area (Å²) in [6.07, 6.45) is 0.654. The average Bonchev–Trinajstić information content (AvgIpc) is 2.63. The van der Waals surface area contributed by atoms with Crippen molar-refractivity contribution in [3.05, 3.63) is 84.3 Å². The summed E-state index contributed by atoms with van der Waals surface area (Å²) in [5.41, 5.74) is 5.51. The Morgan fingerprint density at radius 1 is 1.07 bits per heavy atom. The molecule has 0 aliphatic carbocycles. The Labute approximate surface area is 176 Å². The van der Waals surface area contributed by atoms with Gasteiger partial charge in [0.25, 0.3) is 5.56 Å². The van der Waals surface area contributed by atoms with Crippen LogP contribution < -0.4 is 10.3 Å². The number of ether oxygens (including phenoxy) is 1. The van der Waals surface area contributed by atoms with E-state index in [4.69, 9.17) is 9.72 Å². The normalized spacial score (nSPS) is 10.8. The van der Waals surface area contributed by atoms with Crippen LogP contribution in [0.5, 0.6) is 5.75 Å². The molecule has 0 aliphatic heterocycles. The van der Waals surface area contributed by atoms with Crippen molar-refractivity contribution in [2.24, 2.45) is 0 Å². The molecule has 0 bridgehead atoms. The second-order valence-electron chi connectivity index (χ2n) is 6.44. The second-order valence-corrected chi connectivity index (χ2v) is 8.48. The zero-order valence-corrected chi connectivity index (χ0v) is 18.5. The first-order valence-corrected chi connectivity index (χ1v) is 10.6. The maximum Gasteiger partial charge on any atom is 0.265 e. The molecule has 140 valence electrons. The largest absolute Gasteiger partial charge is 0.497 e. The van der Waals surface area contributed by atoms with Crippen molar-refractivity contribution >= 4 is 34.4 Å². The third kappa shape index (κ3) is 5.35. The van der Waals surface area contributed by atoms with E-state index in [2.05, 4.69) is 59.6 Å². The fourth-order valence-corrected chi connectivity index (χ4v) is 4.19. The molecule has 2 aromatic carbocycles. The maximum atomic E-state index is 12.3. The third-order valence-electron chi connectivity index (χ3n) is 4.10. The van der Waals surface area contributed by atoms with Gasteiger partial charge in [0.1, 0.15) is 9.32 Å². The summed E-state index contributed by atoms with van der Waals surface area (Å²) in [6, 6.07) is 14.4. The Morgan fingerprint density at radius 2 is 1.74 bits per heavy atom. The smallest absolute Gasteiger partial charge is 0.265 e. The van der Waals surface area contributed by atoms with E-state index in [0.29, 0.717) is 15.1 Å². The van der Waals surface area contributed by atoms with E-state index in [1.54, 1.807) is 7.11 Å². The van der Waals surface area contributed by atoms with E-state index >= 15 is 0 Å². The highest BCUT2D eigenvalue weighted by Gasteiger charge is 2.11. The van der Waals surface area contributed by atoms with Gasteiger partial charge in [-0.1, -0.05) is 53.2 Å². The van der Waals surface area contributed by atoms with E-state index in [9.17, 15) is 4.79 Å². The van der Waals surface area contributed by atoms with E-state index in [0.717, 1.165) is 22.8 Å². The molecule has 4 nitrogen and oxygen atoms in total. The molecule has 0 saturated heterocycles. The van der Waals surface area contributed by atoms with Crippen molar-refractivity contribution in [1.29, 1.82) is 0 Å². The van der Waals surface area contributed by atoms with Gasteiger partial charge in [-0.15, -0.1) is 0 Å². The molecular weight excluding hydrogens is 471 g/mol. The Bertz CT molecular complexity index is 980. The monoisotopic (exact) mass is 492 g/mol. The molecule has 3 rings (SSSR count). The quantitative estimate of drug-likeness (QED) is 0.303.